The zero-order valence-electron chi connectivity index (χ0n) is 15.2. The van der Waals surface area contributed by atoms with Gasteiger partial charge in [0.15, 0.2) is 6.61 Å². The second-order valence-electron chi connectivity index (χ2n) is 5.42. The molecule has 0 fully saturated rings. The number of carbonyl (C=O) groups excluding carboxylic acids is 3. The molecule has 2 amide bonds. The zero-order chi connectivity index (χ0) is 19.8. The van der Waals surface area contributed by atoms with Crippen molar-refractivity contribution >= 4 is 29.2 Å². The summed E-state index contributed by atoms with van der Waals surface area (Å²) in [5.41, 5.74) is 1.21. The van der Waals surface area contributed by atoms with Crippen molar-refractivity contribution in [1.82, 2.24) is 0 Å². The van der Waals surface area contributed by atoms with Gasteiger partial charge in [-0.25, -0.2) is 4.79 Å². The van der Waals surface area contributed by atoms with Crippen LogP contribution in [0.1, 0.15) is 17.3 Å². The van der Waals surface area contributed by atoms with E-state index in [9.17, 15) is 14.4 Å². The minimum atomic E-state index is -0.736. The van der Waals surface area contributed by atoms with Crippen molar-refractivity contribution in [3.63, 3.8) is 0 Å². The molecule has 0 saturated carbocycles. The van der Waals surface area contributed by atoms with Gasteiger partial charge in [0, 0.05) is 18.3 Å². The summed E-state index contributed by atoms with van der Waals surface area (Å²) in [4.78, 5) is 35.3. The Hall–Kier alpha value is -3.55. The van der Waals surface area contributed by atoms with Gasteiger partial charge in [0.2, 0.25) is 5.91 Å². The third-order valence-electron chi connectivity index (χ3n) is 3.46. The molecule has 0 aromatic heterocycles. The molecular weight excluding hydrogens is 352 g/mol. The predicted molar refractivity (Wildman–Crippen MR) is 99.2 cm³/mol. The molecule has 2 aromatic carbocycles. The summed E-state index contributed by atoms with van der Waals surface area (Å²) >= 11 is 0. The molecule has 27 heavy (non-hydrogen) atoms. The quantitative estimate of drug-likeness (QED) is 0.724. The van der Waals surface area contributed by atoms with E-state index in [-0.39, 0.29) is 23.0 Å². The zero-order valence-corrected chi connectivity index (χ0v) is 15.2. The lowest BCUT2D eigenvalue weighted by Gasteiger charge is -2.12. The summed E-state index contributed by atoms with van der Waals surface area (Å²) in [7, 11) is 2.84. The van der Waals surface area contributed by atoms with Crippen molar-refractivity contribution in [2.24, 2.45) is 0 Å². The average molecular weight is 372 g/mol. The molecule has 142 valence electrons. The summed E-state index contributed by atoms with van der Waals surface area (Å²) in [6.07, 6.45) is 0. The number of esters is 1. The van der Waals surface area contributed by atoms with Crippen LogP contribution in [0.5, 0.6) is 11.5 Å². The minimum absolute atomic E-state index is 0.106. The lowest BCUT2D eigenvalue weighted by molar-refractivity contribution is -0.119. The van der Waals surface area contributed by atoms with Gasteiger partial charge in [-0.2, -0.15) is 0 Å². The molecule has 8 heteroatoms. The van der Waals surface area contributed by atoms with Crippen LogP contribution in [-0.2, 0) is 14.3 Å². The Morgan fingerprint density at radius 1 is 0.852 bits per heavy atom. The number of amides is 2. The smallest absolute Gasteiger partial charge is 0.346 e. The van der Waals surface area contributed by atoms with Crippen molar-refractivity contribution < 1.29 is 28.6 Å². The first-order valence-corrected chi connectivity index (χ1v) is 8.00. The lowest BCUT2D eigenvalue weighted by Crippen LogP contribution is -2.21. The molecule has 0 unspecified atom stereocenters. The topological polar surface area (TPSA) is 103 Å². The van der Waals surface area contributed by atoms with Crippen LogP contribution >= 0.6 is 0 Å². The van der Waals surface area contributed by atoms with Crippen LogP contribution in [0.15, 0.2) is 42.5 Å². The van der Waals surface area contributed by atoms with Gasteiger partial charge >= 0.3 is 5.97 Å². The number of anilines is 2. The third kappa shape index (κ3) is 5.46. The highest BCUT2D eigenvalue weighted by atomic mass is 16.5. The number of ether oxygens (including phenoxy) is 3. The summed E-state index contributed by atoms with van der Waals surface area (Å²) < 4.78 is 15.3. The lowest BCUT2D eigenvalue weighted by atomic mass is 10.2. The highest BCUT2D eigenvalue weighted by Crippen LogP contribution is 2.28. The number of rotatable bonds is 7. The number of carbonyl (C=O) groups is 3. The standard InChI is InChI=1S/C19H20N2O6/c1-12(22)20-13-7-9-14(10-8-13)21-17(23)11-27-19(24)18-15(25-2)5-4-6-16(18)26-3/h4-10H,11H2,1-3H3,(H,20,22)(H,21,23). The average Bonchev–Trinajstić information content (AvgIpc) is 2.66. The summed E-state index contributed by atoms with van der Waals surface area (Å²) in [5, 5.41) is 5.22. The molecule has 0 heterocycles. The third-order valence-corrected chi connectivity index (χ3v) is 3.46. The number of benzene rings is 2. The van der Waals surface area contributed by atoms with Gasteiger partial charge in [-0.3, -0.25) is 9.59 Å². The van der Waals surface area contributed by atoms with Crippen LogP contribution in [0.25, 0.3) is 0 Å². The van der Waals surface area contributed by atoms with Crippen molar-refractivity contribution in [2.45, 2.75) is 6.92 Å². The Bertz CT molecular complexity index is 810. The highest BCUT2D eigenvalue weighted by molar-refractivity contribution is 5.98. The van der Waals surface area contributed by atoms with Gasteiger partial charge < -0.3 is 24.8 Å². The van der Waals surface area contributed by atoms with Gasteiger partial charge in [-0.15, -0.1) is 0 Å². The number of hydrogen-bond acceptors (Lipinski definition) is 6. The molecule has 0 saturated heterocycles. The van der Waals surface area contributed by atoms with E-state index in [2.05, 4.69) is 10.6 Å². The second kappa shape index (κ2) is 9.23. The molecule has 0 aliphatic heterocycles. The Kier molecular flexibility index (Phi) is 6.76. The van der Waals surface area contributed by atoms with E-state index in [0.717, 1.165) is 0 Å². The number of methoxy groups -OCH3 is 2. The Balaban J connectivity index is 1.96. The van der Waals surface area contributed by atoms with Crippen molar-refractivity contribution in [3.05, 3.63) is 48.0 Å². The Morgan fingerprint density at radius 2 is 1.37 bits per heavy atom. The fourth-order valence-electron chi connectivity index (χ4n) is 2.29. The van der Waals surface area contributed by atoms with E-state index in [1.165, 1.54) is 21.1 Å². The fourth-order valence-corrected chi connectivity index (χ4v) is 2.29. The maximum Gasteiger partial charge on any atom is 0.346 e. The van der Waals surface area contributed by atoms with E-state index in [0.29, 0.717) is 11.4 Å². The summed E-state index contributed by atoms with van der Waals surface area (Å²) in [6, 6.07) is 11.4. The van der Waals surface area contributed by atoms with Gasteiger partial charge in [-0.05, 0) is 36.4 Å². The normalized spacial score (nSPS) is 9.89. The molecule has 0 aliphatic rings. The van der Waals surface area contributed by atoms with E-state index in [1.807, 2.05) is 0 Å². The Morgan fingerprint density at radius 3 is 1.85 bits per heavy atom. The molecule has 0 aliphatic carbocycles. The van der Waals surface area contributed by atoms with E-state index < -0.39 is 18.5 Å². The van der Waals surface area contributed by atoms with Crippen LogP contribution in [0, 0.1) is 0 Å². The molecule has 0 bridgehead atoms. The summed E-state index contributed by atoms with van der Waals surface area (Å²) in [5.74, 6) is -0.864. The monoisotopic (exact) mass is 372 g/mol. The molecule has 0 radical (unpaired) electrons. The molecule has 0 atom stereocenters. The maximum atomic E-state index is 12.3. The number of nitrogens with one attached hydrogen (secondary N) is 2. The van der Waals surface area contributed by atoms with Gasteiger partial charge in [0.05, 0.1) is 14.2 Å². The van der Waals surface area contributed by atoms with Crippen LogP contribution in [0.4, 0.5) is 11.4 Å². The molecule has 2 aromatic rings. The maximum absolute atomic E-state index is 12.3. The SMILES string of the molecule is COc1cccc(OC)c1C(=O)OCC(=O)Nc1ccc(NC(C)=O)cc1. The Labute approximate surface area is 156 Å². The van der Waals surface area contributed by atoms with Crippen molar-refractivity contribution in [3.8, 4) is 11.5 Å². The number of hydrogen-bond donors (Lipinski definition) is 2. The first kappa shape index (κ1) is 19.8. The van der Waals surface area contributed by atoms with E-state index in [4.69, 9.17) is 14.2 Å². The van der Waals surface area contributed by atoms with Crippen LogP contribution in [-0.4, -0.2) is 38.6 Å². The molecule has 2 rings (SSSR count). The molecule has 0 spiro atoms. The van der Waals surface area contributed by atoms with Gasteiger partial charge in [0.25, 0.3) is 5.91 Å². The van der Waals surface area contributed by atoms with Gasteiger partial charge in [0.1, 0.15) is 17.1 Å². The van der Waals surface area contributed by atoms with Crippen LogP contribution < -0.4 is 20.1 Å². The largest absolute Gasteiger partial charge is 0.496 e. The van der Waals surface area contributed by atoms with Crippen LogP contribution in [0.2, 0.25) is 0 Å². The molecular formula is C19H20N2O6. The minimum Gasteiger partial charge on any atom is -0.496 e. The van der Waals surface area contributed by atoms with Crippen molar-refractivity contribution in [2.75, 3.05) is 31.5 Å². The second-order valence-corrected chi connectivity index (χ2v) is 5.42. The first-order valence-electron chi connectivity index (χ1n) is 8.00. The van der Waals surface area contributed by atoms with E-state index >= 15 is 0 Å². The fraction of sp³-hybridized carbons (Fsp3) is 0.211. The van der Waals surface area contributed by atoms with Crippen molar-refractivity contribution in [1.29, 1.82) is 0 Å². The summed E-state index contributed by atoms with van der Waals surface area (Å²) in [6.45, 7) is 0.925. The predicted octanol–water partition coefficient (Wildman–Crippen LogP) is 2.46. The molecule has 2 N–H and O–H groups in total. The van der Waals surface area contributed by atoms with Crippen LogP contribution in [0.3, 0.4) is 0 Å². The highest BCUT2D eigenvalue weighted by Gasteiger charge is 2.20. The van der Waals surface area contributed by atoms with E-state index in [1.54, 1.807) is 42.5 Å². The first-order chi connectivity index (χ1) is 12.9. The molecule has 8 nitrogen and oxygen atoms in total. The van der Waals surface area contributed by atoms with Gasteiger partial charge in [-0.1, -0.05) is 6.07 Å².